The summed E-state index contributed by atoms with van der Waals surface area (Å²) >= 11 is 6.41. The van der Waals surface area contributed by atoms with Gasteiger partial charge in [0.15, 0.2) is 5.58 Å². The van der Waals surface area contributed by atoms with E-state index in [0.29, 0.717) is 40.1 Å². The van der Waals surface area contributed by atoms with Crippen molar-refractivity contribution in [2.24, 2.45) is 0 Å². The number of pyridine rings is 1. The predicted octanol–water partition coefficient (Wildman–Crippen LogP) is 5.86. The summed E-state index contributed by atoms with van der Waals surface area (Å²) in [6, 6.07) is 16.1. The molecule has 198 valence electrons. The second kappa shape index (κ2) is 11.0. The Morgan fingerprint density at radius 2 is 1.87 bits per heavy atom. The largest absolute Gasteiger partial charge is 0.457 e. The zero-order valence-electron chi connectivity index (χ0n) is 21.5. The molecular formula is C28H25ClN6O4. The topological polar surface area (TPSA) is 124 Å². The molecule has 2 N–H and O–H groups in total. The zero-order chi connectivity index (χ0) is 27.5. The Morgan fingerprint density at radius 1 is 1.05 bits per heavy atom. The highest BCUT2D eigenvalue weighted by Gasteiger charge is 2.14. The molecule has 0 aliphatic rings. The third kappa shape index (κ3) is 5.91. The first-order chi connectivity index (χ1) is 18.8. The van der Waals surface area contributed by atoms with Gasteiger partial charge in [-0.3, -0.25) is 14.6 Å². The van der Waals surface area contributed by atoms with Crippen molar-refractivity contribution < 1.29 is 18.7 Å². The number of fused-ring (bicyclic) bond motifs is 1. The van der Waals surface area contributed by atoms with Crippen LogP contribution in [-0.2, 0) is 6.42 Å². The van der Waals surface area contributed by atoms with Gasteiger partial charge < -0.3 is 19.8 Å². The molecule has 5 rings (SSSR count). The van der Waals surface area contributed by atoms with Crippen LogP contribution in [0.15, 0.2) is 65.2 Å². The molecule has 3 heterocycles. The molecule has 0 bridgehead atoms. The number of anilines is 2. The first-order valence-electron chi connectivity index (χ1n) is 12.2. The van der Waals surface area contributed by atoms with Gasteiger partial charge in [-0.1, -0.05) is 11.6 Å². The van der Waals surface area contributed by atoms with Gasteiger partial charge in [-0.15, -0.1) is 0 Å². The lowest BCUT2D eigenvalue weighted by molar-refractivity contribution is 0.0883. The van der Waals surface area contributed by atoms with Gasteiger partial charge in [0.05, 0.1) is 5.69 Å². The smallest absolute Gasteiger partial charge is 0.300 e. The number of ether oxygens (including phenoxy) is 1. The third-order valence-corrected chi connectivity index (χ3v) is 6.31. The number of aryl methyl sites for hydroxylation is 3. The average Bonchev–Trinajstić information content (AvgIpc) is 3.49. The first kappa shape index (κ1) is 25.9. The Labute approximate surface area is 229 Å². The molecule has 0 radical (unpaired) electrons. The second-order valence-electron chi connectivity index (χ2n) is 8.87. The number of amides is 1. The summed E-state index contributed by atoms with van der Waals surface area (Å²) in [7, 11) is 1.54. The maximum atomic E-state index is 12.6. The van der Waals surface area contributed by atoms with Gasteiger partial charge in [0.2, 0.25) is 5.91 Å². The number of carbonyl (C=O) groups excluding carboxylic acids is 2. The van der Waals surface area contributed by atoms with Crippen molar-refractivity contribution in [1.82, 2.24) is 25.1 Å². The minimum absolute atomic E-state index is 0.0939. The van der Waals surface area contributed by atoms with E-state index in [0.717, 1.165) is 22.6 Å². The van der Waals surface area contributed by atoms with E-state index in [1.54, 1.807) is 36.4 Å². The van der Waals surface area contributed by atoms with E-state index in [1.807, 2.05) is 32.0 Å². The van der Waals surface area contributed by atoms with Crippen molar-refractivity contribution >= 4 is 46.2 Å². The lowest BCUT2D eigenvalue weighted by atomic mass is 10.1. The molecule has 0 saturated heterocycles. The summed E-state index contributed by atoms with van der Waals surface area (Å²) in [5, 5.41) is 10.5. The number of hydrogen-bond acceptors (Lipinski definition) is 8. The van der Waals surface area contributed by atoms with Crippen LogP contribution >= 0.6 is 11.6 Å². The molecule has 0 unspecified atom stereocenters. The molecule has 5 aromatic rings. The number of carbonyl (C=O) groups is 2. The van der Waals surface area contributed by atoms with Crippen molar-refractivity contribution in [1.29, 1.82) is 0 Å². The highest BCUT2D eigenvalue weighted by molar-refractivity contribution is 6.31. The number of rotatable bonds is 8. The summed E-state index contributed by atoms with van der Waals surface area (Å²) in [5.74, 6) is 0.596. The van der Waals surface area contributed by atoms with E-state index in [2.05, 4.69) is 25.7 Å². The summed E-state index contributed by atoms with van der Waals surface area (Å²) in [5.41, 5.74) is 4.54. The molecule has 10 nitrogen and oxygen atoms in total. The molecule has 0 atom stereocenters. The van der Waals surface area contributed by atoms with Crippen molar-refractivity contribution in [3.8, 4) is 11.5 Å². The first-order valence-corrected chi connectivity index (χ1v) is 12.6. The van der Waals surface area contributed by atoms with E-state index < -0.39 is 0 Å². The van der Waals surface area contributed by atoms with Crippen LogP contribution < -0.4 is 15.4 Å². The molecule has 0 aliphatic carbocycles. The zero-order valence-corrected chi connectivity index (χ0v) is 22.2. The number of oxazole rings is 1. The van der Waals surface area contributed by atoms with Crippen LogP contribution in [0.1, 0.15) is 38.7 Å². The fraction of sp³-hybridized carbons (Fsp3) is 0.179. The number of halogens is 1. The lowest BCUT2D eigenvalue weighted by Crippen LogP contribution is -2.18. The molecule has 1 amide bonds. The van der Waals surface area contributed by atoms with Gasteiger partial charge in [0, 0.05) is 48.2 Å². The van der Waals surface area contributed by atoms with Crippen molar-refractivity contribution in [3.05, 3.63) is 88.5 Å². The van der Waals surface area contributed by atoms with Gasteiger partial charge in [0.1, 0.15) is 22.7 Å². The molecule has 0 saturated carbocycles. The van der Waals surface area contributed by atoms with Crippen LogP contribution in [-0.4, -0.2) is 38.6 Å². The van der Waals surface area contributed by atoms with Gasteiger partial charge in [-0.2, -0.15) is 10.1 Å². The van der Waals surface area contributed by atoms with Crippen LogP contribution in [0.3, 0.4) is 0 Å². The van der Waals surface area contributed by atoms with Crippen molar-refractivity contribution in [2.75, 3.05) is 12.4 Å². The van der Waals surface area contributed by atoms with Crippen LogP contribution in [0.25, 0.3) is 11.1 Å². The molecule has 39 heavy (non-hydrogen) atoms. The maximum absolute atomic E-state index is 12.6. The summed E-state index contributed by atoms with van der Waals surface area (Å²) in [6.45, 7) is 3.71. The van der Waals surface area contributed by atoms with E-state index in [1.165, 1.54) is 17.9 Å². The fourth-order valence-electron chi connectivity index (χ4n) is 4.08. The second-order valence-corrected chi connectivity index (χ2v) is 9.28. The SMILES string of the molecule is CNC(=O)c1cc(Oc2ccc3oc(Nc4ccc(Cl)c(CCC(=O)n5nc(C)cc5C)c4)nc3c2)ccn1. The number of hydrogen-bond donors (Lipinski definition) is 2. The van der Waals surface area contributed by atoms with E-state index in [4.69, 9.17) is 20.8 Å². The molecule has 11 heteroatoms. The monoisotopic (exact) mass is 544 g/mol. The summed E-state index contributed by atoms with van der Waals surface area (Å²) in [6.07, 6.45) is 2.22. The van der Waals surface area contributed by atoms with Crippen LogP contribution in [0.2, 0.25) is 5.02 Å². The average molecular weight is 545 g/mol. The number of nitrogens with zero attached hydrogens (tertiary/aromatic N) is 4. The van der Waals surface area contributed by atoms with E-state index in [9.17, 15) is 9.59 Å². The molecule has 3 aromatic heterocycles. The minimum Gasteiger partial charge on any atom is -0.457 e. The van der Waals surface area contributed by atoms with Crippen LogP contribution in [0.4, 0.5) is 11.7 Å². The molecule has 0 spiro atoms. The Balaban J connectivity index is 1.28. The van der Waals surface area contributed by atoms with Gasteiger partial charge in [0.25, 0.3) is 11.9 Å². The Morgan fingerprint density at radius 3 is 2.64 bits per heavy atom. The normalized spacial score (nSPS) is 11.0. The van der Waals surface area contributed by atoms with Gasteiger partial charge >= 0.3 is 0 Å². The highest BCUT2D eigenvalue weighted by atomic mass is 35.5. The number of benzene rings is 2. The van der Waals surface area contributed by atoms with Gasteiger partial charge in [-0.05, 0) is 68.3 Å². The Kier molecular flexibility index (Phi) is 7.29. The predicted molar refractivity (Wildman–Crippen MR) is 147 cm³/mol. The molecule has 2 aromatic carbocycles. The lowest BCUT2D eigenvalue weighted by Gasteiger charge is -2.08. The Hall–Kier alpha value is -4.70. The summed E-state index contributed by atoms with van der Waals surface area (Å²) in [4.78, 5) is 33.0. The van der Waals surface area contributed by atoms with E-state index in [-0.39, 0.29) is 23.9 Å². The summed E-state index contributed by atoms with van der Waals surface area (Å²) < 4.78 is 13.2. The van der Waals surface area contributed by atoms with E-state index >= 15 is 0 Å². The fourth-order valence-corrected chi connectivity index (χ4v) is 4.30. The quantitative estimate of drug-likeness (QED) is 0.249. The minimum atomic E-state index is -0.303. The molecule has 0 fully saturated rings. The maximum Gasteiger partial charge on any atom is 0.300 e. The van der Waals surface area contributed by atoms with Crippen LogP contribution in [0.5, 0.6) is 11.5 Å². The van der Waals surface area contributed by atoms with Crippen molar-refractivity contribution in [2.45, 2.75) is 26.7 Å². The third-order valence-electron chi connectivity index (χ3n) is 5.94. The van der Waals surface area contributed by atoms with Gasteiger partial charge in [-0.25, -0.2) is 4.68 Å². The van der Waals surface area contributed by atoms with Crippen LogP contribution in [0, 0.1) is 13.8 Å². The molecular weight excluding hydrogens is 520 g/mol. The Bertz CT molecular complexity index is 1690. The number of aromatic nitrogens is 4. The number of nitrogens with one attached hydrogen (secondary N) is 2. The standard InChI is InChI=1S/C28H25ClN6O4/c1-16-12-17(2)35(34-16)26(36)9-4-18-13-19(5-7-22(18)29)32-28-33-23-14-20(6-8-25(23)39-28)38-21-10-11-31-24(15-21)27(37)30-3/h5-8,10-15H,4,9H2,1-3H3,(H,30,37)(H,32,33). The van der Waals surface area contributed by atoms with Crippen molar-refractivity contribution in [3.63, 3.8) is 0 Å². The highest BCUT2D eigenvalue weighted by Crippen LogP contribution is 2.30. The molecule has 0 aliphatic heterocycles.